The number of anilines is 1. The summed E-state index contributed by atoms with van der Waals surface area (Å²) in [7, 11) is 0. The zero-order chi connectivity index (χ0) is 11.5. The Bertz CT molecular complexity index is 392. The second-order valence-corrected chi connectivity index (χ2v) is 3.77. The average molecular weight is 221 g/mol. The number of hydrogen-bond donors (Lipinski definition) is 2. The van der Waals surface area contributed by atoms with Crippen LogP contribution in [0.1, 0.15) is 18.6 Å². The van der Waals surface area contributed by atoms with Crippen LogP contribution in [0.15, 0.2) is 24.3 Å². The summed E-state index contributed by atoms with van der Waals surface area (Å²) in [6.07, 6.45) is -0.781. The van der Waals surface area contributed by atoms with Crippen LogP contribution in [-0.2, 0) is 9.53 Å². The Labute approximate surface area is 94.2 Å². The van der Waals surface area contributed by atoms with Gasteiger partial charge in [-0.05, 0) is 13.0 Å². The first-order chi connectivity index (χ1) is 7.74. The SMILES string of the molecule is CCOC(=O)[C@H]1CNc2ccccc2[C@H]1O. The van der Waals surface area contributed by atoms with Crippen LogP contribution in [0.5, 0.6) is 0 Å². The highest BCUT2D eigenvalue weighted by Gasteiger charge is 2.33. The number of esters is 1. The lowest BCUT2D eigenvalue weighted by Crippen LogP contribution is -2.34. The van der Waals surface area contributed by atoms with E-state index in [-0.39, 0.29) is 5.97 Å². The van der Waals surface area contributed by atoms with Crippen LogP contribution >= 0.6 is 0 Å². The maximum Gasteiger partial charge on any atom is 0.313 e. The Kier molecular flexibility index (Phi) is 3.10. The summed E-state index contributed by atoms with van der Waals surface area (Å²) in [5.41, 5.74) is 1.64. The molecule has 0 saturated heterocycles. The quantitative estimate of drug-likeness (QED) is 0.740. The summed E-state index contributed by atoms with van der Waals surface area (Å²) >= 11 is 0. The molecule has 16 heavy (non-hydrogen) atoms. The van der Waals surface area contributed by atoms with Crippen LogP contribution in [0.25, 0.3) is 0 Å². The molecule has 2 N–H and O–H groups in total. The Morgan fingerprint density at radius 2 is 2.31 bits per heavy atom. The number of fused-ring (bicyclic) bond motifs is 1. The number of rotatable bonds is 2. The second-order valence-electron chi connectivity index (χ2n) is 3.77. The third-order valence-corrected chi connectivity index (χ3v) is 2.76. The fourth-order valence-electron chi connectivity index (χ4n) is 1.93. The molecule has 1 aliphatic heterocycles. The standard InChI is InChI=1S/C12H15NO3/c1-2-16-12(15)9-7-13-10-6-4-3-5-8(10)11(9)14/h3-6,9,11,13-14H,2,7H2,1H3/t9-,11+/m0/s1. The van der Waals surface area contributed by atoms with Crippen molar-refractivity contribution in [1.82, 2.24) is 0 Å². The first-order valence-electron chi connectivity index (χ1n) is 5.41. The molecule has 2 atom stereocenters. The highest BCUT2D eigenvalue weighted by atomic mass is 16.5. The van der Waals surface area contributed by atoms with Gasteiger partial charge in [0.2, 0.25) is 0 Å². The van der Waals surface area contributed by atoms with E-state index in [0.29, 0.717) is 13.2 Å². The van der Waals surface area contributed by atoms with Crippen molar-refractivity contribution in [1.29, 1.82) is 0 Å². The van der Waals surface area contributed by atoms with Gasteiger partial charge < -0.3 is 15.2 Å². The Morgan fingerprint density at radius 1 is 1.56 bits per heavy atom. The van der Waals surface area contributed by atoms with E-state index in [0.717, 1.165) is 11.3 Å². The average Bonchev–Trinajstić information content (AvgIpc) is 2.30. The fourth-order valence-corrected chi connectivity index (χ4v) is 1.93. The van der Waals surface area contributed by atoms with E-state index in [9.17, 15) is 9.90 Å². The van der Waals surface area contributed by atoms with Crippen LogP contribution in [0.3, 0.4) is 0 Å². The number of aliphatic hydroxyl groups excluding tert-OH is 1. The highest BCUT2D eigenvalue weighted by molar-refractivity contribution is 5.76. The zero-order valence-corrected chi connectivity index (χ0v) is 9.14. The van der Waals surface area contributed by atoms with E-state index >= 15 is 0 Å². The molecule has 0 aromatic heterocycles. The monoisotopic (exact) mass is 221 g/mol. The predicted octanol–water partition coefficient (Wildman–Crippen LogP) is 1.32. The summed E-state index contributed by atoms with van der Waals surface area (Å²) in [6, 6.07) is 7.44. The molecule has 0 fully saturated rings. The number of hydrogen-bond acceptors (Lipinski definition) is 4. The van der Waals surface area contributed by atoms with Crippen molar-refractivity contribution in [3.63, 3.8) is 0 Å². The molecule has 0 saturated carbocycles. The number of carbonyl (C=O) groups excluding carboxylic acids is 1. The molecule has 86 valence electrons. The maximum atomic E-state index is 11.6. The van der Waals surface area contributed by atoms with Crippen molar-refractivity contribution in [3.8, 4) is 0 Å². The van der Waals surface area contributed by atoms with Crippen LogP contribution in [0.2, 0.25) is 0 Å². The number of nitrogens with one attached hydrogen (secondary N) is 1. The molecule has 0 aliphatic carbocycles. The molecule has 0 spiro atoms. The minimum atomic E-state index is -0.781. The van der Waals surface area contributed by atoms with Crippen LogP contribution in [0.4, 0.5) is 5.69 Å². The second kappa shape index (κ2) is 4.53. The third kappa shape index (κ3) is 1.88. The van der Waals surface area contributed by atoms with Gasteiger partial charge in [-0.3, -0.25) is 4.79 Å². The molecule has 0 amide bonds. The third-order valence-electron chi connectivity index (χ3n) is 2.76. The number of aliphatic hydroxyl groups is 1. The first-order valence-corrected chi connectivity index (χ1v) is 5.41. The van der Waals surface area contributed by atoms with Crippen LogP contribution < -0.4 is 5.32 Å². The van der Waals surface area contributed by atoms with E-state index in [2.05, 4.69) is 5.32 Å². The lowest BCUT2D eigenvalue weighted by molar-refractivity contribution is -0.151. The van der Waals surface area contributed by atoms with Crippen molar-refractivity contribution in [3.05, 3.63) is 29.8 Å². The molecular weight excluding hydrogens is 206 g/mol. The number of para-hydroxylation sites is 1. The molecule has 0 bridgehead atoms. The van der Waals surface area contributed by atoms with Gasteiger partial charge in [-0.25, -0.2) is 0 Å². The summed E-state index contributed by atoms with van der Waals surface area (Å²) < 4.78 is 4.93. The molecule has 1 heterocycles. The summed E-state index contributed by atoms with van der Waals surface area (Å²) in [5, 5.41) is 13.2. The Balaban J connectivity index is 2.21. The number of benzene rings is 1. The van der Waals surface area contributed by atoms with Gasteiger partial charge in [-0.2, -0.15) is 0 Å². The minimum absolute atomic E-state index is 0.337. The zero-order valence-electron chi connectivity index (χ0n) is 9.14. The van der Waals surface area contributed by atoms with Gasteiger partial charge in [0, 0.05) is 17.8 Å². The van der Waals surface area contributed by atoms with Gasteiger partial charge in [0.05, 0.1) is 12.7 Å². The Hall–Kier alpha value is -1.55. The van der Waals surface area contributed by atoms with Crippen LogP contribution in [-0.4, -0.2) is 24.2 Å². The molecule has 1 aromatic carbocycles. The van der Waals surface area contributed by atoms with E-state index in [1.807, 2.05) is 24.3 Å². The topological polar surface area (TPSA) is 58.6 Å². The minimum Gasteiger partial charge on any atom is -0.466 e. The molecule has 1 aromatic rings. The molecule has 4 heteroatoms. The smallest absolute Gasteiger partial charge is 0.313 e. The summed E-state index contributed by atoms with van der Waals surface area (Å²) in [6.45, 7) is 2.51. The van der Waals surface area contributed by atoms with Crippen molar-refractivity contribution in [2.24, 2.45) is 5.92 Å². The van der Waals surface area contributed by atoms with Crippen molar-refractivity contribution in [2.45, 2.75) is 13.0 Å². The van der Waals surface area contributed by atoms with Crippen LogP contribution in [0, 0.1) is 5.92 Å². The van der Waals surface area contributed by atoms with Gasteiger partial charge in [0.25, 0.3) is 0 Å². The predicted molar refractivity (Wildman–Crippen MR) is 60.0 cm³/mol. The molecule has 2 rings (SSSR count). The van der Waals surface area contributed by atoms with E-state index < -0.39 is 12.0 Å². The van der Waals surface area contributed by atoms with Gasteiger partial charge in [0.1, 0.15) is 5.92 Å². The summed E-state index contributed by atoms with van der Waals surface area (Å²) in [4.78, 5) is 11.6. The lowest BCUT2D eigenvalue weighted by Gasteiger charge is -2.29. The summed E-state index contributed by atoms with van der Waals surface area (Å²) in [5.74, 6) is -0.869. The van der Waals surface area contributed by atoms with Crippen molar-refractivity contribution in [2.75, 3.05) is 18.5 Å². The van der Waals surface area contributed by atoms with Crippen molar-refractivity contribution >= 4 is 11.7 Å². The van der Waals surface area contributed by atoms with E-state index in [1.165, 1.54) is 0 Å². The molecule has 4 nitrogen and oxygen atoms in total. The molecule has 0 radical (unpaired) electrons. The number of ether oxygens (including phenoxy) is 1. The van der Waals surface area contributed by atoms with Gasteiger partial charge in [-0.15, -0.1) is 0 Å². The van der Waals surface area contributed by atoms with Crippen molar-refractivity contribution < 1.29 is 14.6 Å². The van der Waals surface area contributed by atoms with E-state index in [4.69, 9.17) is 4.74 Å². The molecule has 1 aliphatic rings. The first kappa shape index (κ1) is 11.0. The molecule has 0 unspecified atom stereocenters. The normalized spacial score (nSPS) is 23.1. The number of carbonyl (C=O) groups is 1. The largest absolute Gasteiger partial charge is 0.466 e. The van der Waals surface area contributed by atoms with Gasteiger partial charge in [-0.1, -0.05) is 18.2 Å². The highest BCUT2D eigenvalue weighted by Crippen LogP contribution is 2.33. The lowest BCUT2D eigenvalue weighted by atomic mass is 9.91. The molecular formula is C12H15NO3. The van der Waals surface area contributed by atoms with Gasteiger partial charge >= 0.3 is 5.97 Å². The fraction of sp³-hybridized carbons (Fsp3) is 0.417. The maximum absolute atomic E-state index is 11.6. The Morgan fingerprint density at radius 3 is 3.06 bits per heavy atom. The van der Waals surface area contributed by atoms with Gasteiger partial charge in [0.15, 0.2) is 0 Å². The van der Waals surface area contributed by atoms with E-state index in [1.54, 1.807) is 6.92 Å².